The normalized spacial score (nSPS) is 10.5. The van der Waals surface area contributed by atoms with Crippen LogP contribution in [0.25, 0.3) is 10.8 Å². The van der Waals surface area contributed by atoms with E-state index in [9.17, 15) is 0 Å². The molecule has 0 bridgehead atoms. The number of pyridine rings is 1. The highest BCUT2D eigenvalue weighted by Gasteiger charge is 2.08. The minimum atomic E-state index is 1.03. The first-order valence-electron chi connectivity index (χ1n) is 10.7. The van der Waals surface area contributed by atoms with Crippen LogP contribution < -0.4 is 0 Å². The third-order valence-electron chi connectivity index (χ3n) is 5.09. The Hall–Kier alpha value is -2.15. The number of aryl methyl sites for hydroxylation is 3. The Morgan fingerprint density at radius 1 is 0.704 bits per heavy atom. The first-order valence-corrected chi connectivity index (χ1v) is 10.7. The second-order valence-corrected chi connectivity index (χ2v) is 7.18. The predicted molar refractivity (Wildman–Crippen MR) is 120 cm³/mol. The number of unbranched alkanes of at least 4 members (excludes halogenated alkanes) is 1. The van der Waals surface area contributed by atoms with Gasteiger partial charge in [-0.15, -0.1) is 0 Å². The van der Waals surface area contributed by atoms with E-state index in [1.165, 1.54) is 52.4 Å². The molecule has 1 nitrogen and oxygen atoms in total. The van der Waals surface area contributed by atoms with Crippen LogP contribution in [0.1, 0.15) is 69.3 Å². The first-order chi connectivity index (χ1) is 13.2. The van der Waals surface area contributed by atoms with E-state index in [1.807, 2.05) is 6.20 Å². The molecule has 0 amide bonds. The van der Waals surface area contributed by atoms with E-state index >= 15 is 0 Å². The molecule has 3 rings (SSSR count). The minimum absolute atomic E-state index is 1.03. The topological polar surface area (TPSA) is 12.9 Å². The summed E-state index contributed by atoms with van der Waals surface area (Å²) in [6.45, 7) is 8.85. The Bertz CT molecular complexity index is 817. The van der Waals surface area contributed by atoms with Crippen molar-refractivity contribution in [2.24, 2.45) is 0 Å². The summed E-state index contributed by atoms with van der Waals surface area (Å²) in [7, 11) is 0. The molecule has 0 aliphatic heterocycles. The van der Waals surface area contributed by atoms with Gasteiger partial charge in [0.2, 0.25) is 0 Å². The Morgan fingerprint density at radius 3 is 2.11 bits per heavy atom. The summed E-state index contributed by atoms with van der Waals surface area (Å²) in [4.78, 5) is 4.68. The van der Waals surface area contributed by atoms with Gasteiger partial charge >= 0.3 is 0 Å². The van der Waals surface area contributed by atoms with Gasteiger partial charge in [-0.2, -0.15) is 0 Å². The number of rotatable bonds is 7. The van der Waals surface area contributed by atoms with E-state index in [1.54, 1.807) is 0 Å². The van der Waals surface area contributed by atoms with Gasteiger partial charge in [0.1, 0.15) is 0 Å². The molecule has 0 radical (unpaired) electrons. The van der Waals surface area contributed by atoms with Gasteiger partial charge < -0.3 is 0 Å². The van der Waals surface area contributed by atoms with Crippen LogP contribution >= 0.6 is 0 Å². The monoisotopic (exact) mass is 361 g/mol. The number of nitrogens with zero attached hydrogens (tertiary/aromatic N) is 1. The first kappa shape index (κ1) is 21.2. The summed E-state index contributed by atoms with van der Waals surface area (Å²) in [6.07, 6.45) is 10.1. The molecule has 0 unspecified atom stereocenters. The van der Waals surface area contributed by atoms with Crippen molar-refractivity contribution in [2.75, 3.05) is 0 Å². The molecule has 0 saturated carbocycles. The molecule has 0 saturated heterocycles. The fraction of sp³-hybridized carbons (Fsp3) is 0.423. The lowest BCUT2D eigenvalue weighted by atomic mass is 9.96. The van der Waals surface area contributed by atoms with Gasteiger partial charge in [0, 0.05) is 11.9 Å². The maximum atomic E-state index is 4.68. The van der Waals surface area contributed by atoms with E-state index in [4.69, 9.17) is 0 Å². The van der Waals surface area contributed by atoms with Crippen LogP contribution in [0, 0.1) is 0 Å². The highest BCUT2D eigenvalue weighted by Crippen LogP contribution is 2.20. The smallest absolute Gasteiger partial charge is 0.0441 e. The van der Waals surface area contributed by atoms with Gasteiger partial charge in [-0.1, -0.05) is 89.4 Å². The summed E-state index contributed by atoms with van der Waals surface area (Å²) in [5, 5.41) is 2.64. The third-order valence-corrected chi connectivity index (χ3v) is 5.09. The lowest BCUT2D eigenvalue weighted by Crippen LogP contribution is -2.04. The van der Waals surface area contributed by atoms with Crippen molar-refractivity contribution in [1.82, 2.24) is 4.98 Å². The SMILES string of the molecule is CCCC.CCCc1c(CC)ccnc1CCc1ccc2ccccc2c1. The van der Waals surface area contributed by atoms with Crippen LogP contribution in [-0.2, 0) is 25.7 Å². The van der Waals surface area contributed by atoms with Crippen LogP contribution in [0.2, 0.25) is 0 Å². The highest BCUT2D eigenvalue weighted by molar-refractivity contribution is 5.82. The molecular weight excluding hydrogens is 326 g/mol. The van der Waals surface area contributed by atoms with Gasteiger partial charge in [-0.25, -0.2) is 0 Å². The second-order valence-electron chi connectivity index (χ2n) is 7.18. The van der Waals surface area contributed by atoms with Crippen LogP contribution in [0.5, 0.6) is 0 Å². The van der Waals surface area contributed by atoms with Crippen molar-refractivity contribution in [2.45, 2.75) is 72.6 Å². The van der Waals surface area contributed by atoms with Crippen molar-refractivity contribution in [3.8, 4) is 0 Å². The third kappa shape index (κ3) is 6.20. The van der Waals surface area contributed by atoms with E-state index < -0.39 is 0 Å². The molecular formula is C26H35N. The molecule has 0 spiro atoms. The fourth-order valence-electron chi connectivity index (χ4n) is 3.34. The molecule has 3 aromatic rings. The van der Waals surface area contributed by atoms with E-state index in [0.29, 0.717) is 0 Å². The number of benzene rings is 2. The average molecular weight is 362 g/mol. The zero-order chi connectivity index (χ0) is 19.5. The number of aromatic nitrogens is 1. The average Bonchev–Trinajstić information content (AvgIpc) is 2.73. The summed E-state index contributed by atoms with van der Waals surface area (Å²) in [5.41, 5.74) is 5.64. The van der Waals surface area contributed by atoms with Crippen LogP contribution in [0.3, 0.4) is 0 Å². The minimum Gasteiger partial charge on any atom is -0.261 e. The van der Waals surface area contributed by atoms with Crippen molar-refractivity contribution in [1.29, 1.82) is 0 Å². The highest BCUT2D eigenvalue weighted by atomic mass is 14.7. The molecule has 1 heterocycles. The maximum Gasteiger partial charge on any atom is 0.0441 e. The van der Waals surface area contributed by atoms with Crippen LogP contribution in [0.4, 0.5) is 0 Å². The molecule has 0 N–H and O–H groups in total. The Balaban J connectivity index is 0.000000596. The summed E-state index contributed by atoms with van der Waals surface area (Å²) in [6, 6.07) is 17.6. The Labute approximate surface area is 165 Å². The molecule has 27 heavy (non-hydrogen) atoms. The van der Waals surface area contributed by atoms with Crippen LogP contribution in [-0.4, -0.2) is 4.98 Å². The van der Waals surface area contributed by atoms with Crippen molar-refractivity contribution in [3.63, 3.8) is 0 Å². The molecule has 0 aliphatic rings. The van der Waals surface area contributed by atoms with E-state index in [-0.39, 0.29) is 0 Å². The quantitative estimate of drug-likeness (QED) is 0.429. The predicted octanol–water partition coefficient (Wildman–Crippen LogP) is 7.34. The molecule has 2 aromatic carbocycles. The van der Waals surface area contributed by atoms with E-state index in [0.717, 1.165) is 25.7 Å². The number of fused-ring (bicyclic) bond motifs is 1. The zero-order valence-corrected chi connectivity index (χ0v) is 17.6. The lowest BCUT2D eigenvalue weighted by molar-refractivity contribution is 0.826. The zero-order valence-electron chi connectivity index (χ0n) is 17.6. The molecule has 1 heteroatoms. The second kappa shape index (κ2) is 11.5. The van der Waals surface area contributed by atoms with Gasteiger partial charge in [0.15, 0.2) is 0 Å². The summed E-state index contributed by atoms with van der Waals surface area (Å²) >= 11 is 0. The van der Waals surface area contributed by atoms with Gasteiger partial charge in [0.05, 0.1) is 0 Å². The number of hydrogen-bond acceptors (Lipinski definition) is 1. The number of hydrogen-bond donors (Lipinski definition) is 0. The summed E-state index contributed by atoms with van der Waals surface area (Å²) in [5.74, 6) is 0. The van der Waals surface area contributed by atoms with Gasteiger partial charge in [0.25, 0.3) is 0 Å². The van der Waals surface area contributed by atoms with Crippen molar-refractivity contribution < 1.29 is 0 Å². The standard InChI is InChI=1S/C22H25N.C4H10/c1-3-7-21-18(4-2)14-15-23-22(21)13-11-17-10-12-19-8-5-6-9-20(19)16-17;1-3-4-2/h5-6,8-10,12,14-16H,3-4,7,11,13H2,1-2H3;3-4H2,1-2H3. The largest absolute Gasteiger partial charge is 0.261 e. The van der Waals surface area contributed by atoms with Gasteiger partial charge in [-0.3, -0.25) is 4.98 Å². The summed E-state index contributed by atoms with van der Waals surface area (Å²) < 4.78 is 0. The molecule has 1 aromatic heterocycles. The van der Waals surface area contributed by atoms with Crippen LogP contribution in [0.15, 0.2) is 54.7 Å². The maximum absolute atomic E-state index is 4.68. The molecule has 0 aliphatic carbocycles. The Kier molecular flexibility index (Phi) is 9.04. The molecule has 0 fully saturated rings. The fourth-order valence-corrected chi connectivity index (χ4v) is 3.34. The van der Waals surface area contributed by atoms with Crippen molar-refractivity contribution >= 4 is 10.8 Å². The molecule has 0 atom stereocenters. The van der Waals surface area contributed by atoms with E-state index in [2.05, 4.69) is 81.2 Å². The lowest BCUT2D eigenvalue weighted by Gasteiger charge is -2.12. The van der Waals surface area contributed by atoms with Gasteiger partial charge in [-0.05, 0) is 59.2 Å². The molecule has 144 valence electrons. The Morgan fingerprint density at radius 2 is 1.44 bits per heavy atom. The van der Waals surface area contributed by atoms with Crippen molar-refractivity contribution in [3.05, 3.63) is 77.1 Å².